The molecule has 1 N–H and O–H groups in total. The lowest BCUT2D eigenvalue weighted by atomic mass is 10.1. The first kappa shape index (κ1) is 22.0. The third-order valence-electron chi connectivity index (χ3n) is 5.33. The molecule has 0 aliphatic carbocycles. The van der Waals surface area contributed by atoms with Crippen molar-refractivity contribution in [1.29, 1.82) is 0 Å². The van der Waals surface area contributed by atoms with E-state index in [1.165, 1.54) is 0 Å². The highest BCUT2D eigenvalue weighted by Crippen LogP contribution is 2.24. The van der Waals surface area contributed by atoms with Gasteiger partial charge >= 0.3 is 0 Å². The Morgan fingerprint density at radius 2 is 1.45 bits per heavy atom. The van der Waals surface area contributed by atoms with Crippen molar-refractivity contribution in [3.05, 3.63) is 0 Å². The molecular weight excluding hydrogens is 372 g/mol. The molecule has 0 radical (unpaired) electrons. The van der Waals surface area contributed by atoms with Gasteiger partial charge in [-0.2, -0.15) is 15.0 Å². The van der Waals surface area contributed by atoms with Gasteiger partial charge in [0.25, 0.3) is 0 Å². The van der Waals surface area contributed by atoms with Gasteiger partial charge < -0.3 is 29.3 Å². The number of aromatic nitrogens is 3. The van der Waals surface area contributed by atoms with Crippen LogP contribution in [0, 0.1) is 0 Å². The first-order valence-corrected chi connectivity index (χ1v) is 11.0. The van der Waals surface area contributed by atoms with Crippen molar-refractivity contribution in [3.63, 3.8) is 0 Å². The van der Waals surface area contributed by atoms with Crippen LogP contribution in [0.15, 0.2) is 0 Å². The van der Waals surface area contributed by atoms with E-state index in [2.05, 4.69) is 15.1 Å². The molecule has 2 fully saturated rings. The fourth-order valence-electron chi connectivity index (χ4n) is 3.96. The molecule has 29 heavy (non-hydrogen) atoms. The third kappa shape index (κ3) is 6.38. The van der Waals surface area contributed by atoms with Crippen molar-refractivity contribution in [3.8, 4) is 0 Å². The molecule has 3 rings (SSSR count). The summed E-state index contributed by atoms with van der Waals surface area (Å²) < 4.78 is 16.9. The van der Waals surface area contributed by atoms with Crippen molar-refractivity contribution in [1.82, 2.24) is 15.0 Å². The molecule has 0 spiro atoms. The van der Waals surface area contributed by atoms with E-state index in [1.54, 1.807) is 7.11 Å². The second-order valence-electron chi connectivity index (χ2n) is 7.51. The van der Waals surface area contributed by atoms with Crippen LogP contribution in [0.3, 0.4) is 0 Å². The van der Waals surface area contributed by atoms with Gasteiger partial charge in [0.1, 0.15) is 0 Å². The maximum absolute atomic E-state index is 5.86. The summed E-state index contributed by atoms with van der Waals surface area (Å²) in [4.78, 5) is 18.7. The Bertz CT molecular complexity index is 572. The van der Waals surface area contributed by atoms with Gasteiger partial charge in [-0.05, 0) is 39.5 Å². The first-order valence-electron chi connectivity index (χ1n) is 11.0. The molecule has 0 saturated carbocycles. The third-order valence-corrected chi connectivity index (χ3v) is 5.33. The summed E-state index contributed by atoms with van der Waals surface area (Å²) in [5.41, 5.74) is 0. The van der Waals surface area contributed by atoms with E-state index in [-0.39, 0.29) is 12.2 Å². The van der Waals surface area contributed by atoms with E-state index >= 15 is 0 Å². The highest BCUT2D eigenvalue weighted by atomic mass is 16.5. The van der Waals surface area contributed by atoms with Crippen LogP contribution < -0.4 is 15.1 Å². The average Bonchev–Trinajstić information content (AvgIpc) is 2.75. The second kappa shape index (κ2) is 11.5. The number of nitrogens with zero attached hydrogens (tertiary/aromatic N) is 5. The Morgan fingerprint density at radius 1 is 0.897 bits per heavy atom. The van der Waals surface area contributed by atoms with Gasteiger partial charge in [0.15, 0.2) is 0 Å². The lowest BCUT2D eigenvalue weighted by molar-refractivity contribution is 0.0520. The van der Waals surface area contributed by atoms with Crippen molar-refractivity contribution in [2.45, 2.75) is 51.7 Å². The highest BCUT2D eigenvalue weighted by Gasteiger charge is 2.26. The van der Waals surface area contributed by atoms with Crippen LogP contribution in [-0.2, 0) is 14.2 Å². The van der Waals surface area contributed by atoms with Gasteiger partial charge in [-0.1, -0.05) is 0 Å². The molecular formula is C20H36N6O3. The van der Waals surface area contributed by atoms with E-state index < -0.39 is 0 Å². The summed E-state index contributed by atoms with van der Waals surface area (Å²) in [7, 11) is 1.69. The molecule has 0 amide bonds. The molecule has 2 aliphatic rings. The van der Waals surface area contributed by atoms with Crippen molar-refractivity contribution in [2.24, 2.45) is 0 Å². The van der Waals surface area contributed by atoms with Gasteiger partial charge in [-0.25, -0.2) is 0 Å². The zero-order valence-corrected chi connectivity index (χ0v) is 18.1. The quantitative estimate of drug-likeness (QED) is 0.584. The summed E-state index contributed by atoms with van der Waals surface area (Å²) in [5.74, 6) is 2.04. The maximum Gasteiger partial charge on any atom is 0.232 e. The second-order valence-corrected chi connectivity index (χ2v) is 7.51. The summed E-state index contributed by atoms with van der Waals surface area (Å²) in [6.07, 6.45) is 4.79. The molecule has 0 unspecified atom stereocenters. The number of hydrogen-bond acceptors (Lipinski definition) is 9. The van der Waals surface area contributed by atoms with Crippen molar-refractivity contribution >= 4 is 17.8 Å². The van der Waals surface area contributed by atoms with Crippen LogP contribution in [0.4, 0.5) is 17.8 Å². The Labute approximate surface area is 174 Å². The Morgan fingerprint density at radius 3 is 1.93 bits per heavy atom. The Balaban J connectivity index is 1.79. The molecule has 2 aliphatic heterocycles. The summed E-state index contributed by atoms with van der Waals surface area (Å²) >= 11 is 0. The van der Waals surface area contributed by atoms with E-state index in [9.17, 15) is 0 Å². The van der Waals surface area contributed by atoms with Crippen LogP contribution in [0.25, 0.3) is 0 Å². The maximum atomic E-state index is 5.86. The van der Waals surface area contributed by atoms with Gasteiger partial charge in [-0.3, -0.25) is 0 Å². The fraction of sp³-hybridized carbons (Fsp3) is 0.850. The van der Waals surface area contributed by atoms with Crippen LogP contribution in [0.1, 0.15) is 39.5 Å². The van der Waals surface area contributed by atoms with Gasteiger partial charge in [0.05, 0.1) is 18.8 Å². The van der Waals surface area contributed by atoms with E-state index in [4.69, 9.17) is 29.2 Å². The number of ether oxygens (including phenoxy) is 3. The molecule has 9 heteroatoms. The number of nitrogens with one attached hydrogen (secondary N) is 1. The molecule has 0 aromatic carbocycles. The van der Waals surface area contributed by atoms with Crippen LogP contribution in [0.2, 0.25) is 0 Å². The lowest BCUT2D eigenvalue weighted by Crippen LogP contribution is -2.42. The minimum absolute atomic E-state index is 0.233. The van der Waals surface area contributed by atoms with Crippen LogP contribution >= 0.6 is 0 Å². The monoisotopic (exact) mass is 408 g/mol. The van der Waals surface area contributed by atoms with Crippen LogP contribution in [-0.4, -0.2) is 86.8 Å². The molecule has 2 atom stereocenters. The number of rotatable bonds is 10. The lowest BCUT2D eigenvalue weighted by Gasteiger charge is -2.35. The molecule has 9 nitrogen and oxygen atoms in total. The summed E-state index contributed by atoms with van der Waals surface area (Å²) in [6.45, 7) is 10.3. The minimum atomic E-state index is 0.233. The smallest absolute Gasteiger partial charge is 0.232 e. The standard InChI is InChI=1S/C20H36N6O3/c1-4-28-16-8-6-11-25(14-16)19-22-18(21-10-13-27-3)23-20(24-19)26-12-7-9-17(15-26)29-5-2/h16-17H,4-15H2,1-3H3,(H,21,22,23,24)/t16-,17+. The summed E-state index contributed by atoms with van der Waals surface area (Å²) in [5, 5.41) is 3.27. The van der Waals surface area contributed by atoms with Crippen LogP contribution in [0.5, 0.6) is 0 Å². The fourth-order valence-corrected chi connectivity index (χ4v) is 3.96. The molecule has 1 aromatic rings. The Hall–Kier alpha value is -1.71. The minimum Gasteiger partial charge on any atom is -0.383 e. The summed E-state index contributed by atoms with van der Waals surface area (Å²) in [6, 6.07) is 0. The van der Waals surface area contributed by atoms with Gasteiger partial charge in [-0.15, -0.1) is 0 Å². The predicted octanol–water partition coefficient (Wildman–Crippen LogP) is 1.94. The molecule has 2 saturated heterocycles. The highest BCUT2D eigenvalue weighted by molar-refractivity contribution is 5.46. The van der Waals surface area contributed by atoms with E-state index in [0.29, 0.717) is 19.1 Å². The largest absolute Gasteiger partial charge is 0.383 e. The van der Waals surface area contributed by atoms with Crippen molar-refractivity contribution in [2.75, 3.05) is 74.8 Å². The van der Waals surface area contributed by atoms with E-state index in [0.717, 1.165) is 77.0 Å². The first-order chi connectivity index (χ1) is 14.2. The SMILES string of the molecule is CCO[C@@H]1CCCN(c2nc(NCCOC)nc(N3CCC[C@H](OCC)C3)n2)C1. The zero-order chi connectivity index (χ0) is 20.5. The topological polar surface area (TPSA) is 84.9 Å². The normalized spacial score (nSPS) is 22.7. The predicted molar refractivity (Wildman–Crippen MR) is 114 cm³/mol. The average molecular weight is 409 g/mol. The molecule has 1 aromatic heterocycles. The number of piperidine rings is 2. The number of hydrogen-bond donors (Lipinski definition) is 1. The zero-order valence-electron chi connectivity index (χ0n) is 18.1. The van der Waals surface area contributed by atoms with Gasteiger partial charge in [0.2, 0.25) is 17.8 Å². The number of anilines is 3. The van der Waals surface area contributed by atoms with Crippen molar-refractivity contribution < 1.29 is 14.2 Å². The van der Waals surface area contributed by atoms with Gasteiger partial charge in [0, 0.05) is 53.0 Å². The molecule has 3 heterocycles. The molecule has 164 valence electrons. The number of methoxy groups -OCH3 is 1. The Kier molecular flexibility index (Phi) is 8.69. The van der Waals surface area contributed by atoms with E-state index in [1.807, 2.05) is 13.8 Å². The molecule has 0 bridgehead atoms.